The molecule has 1 saturated heterocycles. The minimum Gasteiger partial charge on any atom is -0.366 e. The van der Waals surface area contributed by atoms with Crippen molar-refractivity contribution in [3.05, 3.63) is 29.8 Å². The van der Waals surface area contributed by atoms with E-state index < -0.39 is 18.4 Å². The van der Waals surface area contributed by atoms with Gasteiger partial charge >= 0.3 is 0 Å². The number of hydrogen-bond donors (Lipinski definition) is 4. The normalized spacial score (nSPS) is 20.3. The van der Waals surface area contributed by atoms with Crippen LogP contribution in [0.1, 0.15) is 32.3 Å². The van der Waals surface area contributed by atoms with E-state index in [1.807, 2.05) is 13.8 Å². The largest absolute Gasteiger partial charge is 0.366 e. The lowest BCUT2D eigenvalue weighted by Crippen LogP contribution is -2.52. The molecule has 1 aliphatic heterocycles. The number of aliphatic hydroxyl groups excluding tert-OH is 1. The molecule has 1 aromatic rings. The van der Waals surface area contributed by atoms with E-state index in [9.17, 15) is 9.90 Å². The van der Waals surface area contributed by atoms with E-state index >= 15 is 0 Å². The van der Waals surface area contributed by atoms with Crippen molar-refractivity contribution >= 4 is 28.9 Å². The Bertz CT molecular complexity index is 672. The van der Waals surface area contributed by atoms with Gasteiger partial charge in [-0.1, -0.05) is 13.8 Å². The molecule has 26 heavy (non-hydrogen) atoms. The van der Waals surface area contributed by atoms with Crippen LogP contribution in [0.25, 0.3) is 0 Å². The predicted octanol–water partition coefficient (Wildman–Crippen LogP) is 1.48. The third-order valence-corrected chi connectivity index (χ3v) is 4.21. The molecule has 1 amide bonds. The van der Waals surface area contributed by atoms with Crippen LogP contribution in [0.5, 0.6) is 0 Å². The Hall–Kier alpha value is -2.21. The zero-order valence-electron chi connectivity index (χ0n) is 14.9. The van der Waals surface area contributed by atoms with Gasteiger partial charge in [0, 0.05) is 5.69 Å². The second-order valence-electron chi connectivity index (χ2n) is 6.63. The first-order valence-electron chi connectivity index (χ1n) is 8.56. The molecule has 140 valence electrons. The van der Waals surface area contributed by atoms with Gasteiger partial charge in [0.15, 0.2) is 11.4 Å². The number of rotatable bonds is 6. The Kier molecular flexibility index (Phi) is 7.33. The number of nitrogens with zero attached hydrogens (tertiary/aromatic N) is 1. The molecule has 7 nitrogen and oxygen atoms in total. The Labute approximate surface area is 158 Å². The van der Waals surface area contributed by atoms with Crippen molar-refractivity contribution in [2.75, 3.05) is 11.9 Å². The maximum Gasteiger partial charge on any atom is 0.242 e. The molecule has 0 saturated carbocycles. The van der Waals surface area contributed by atoms with Crippen molar-refractivity contribution in [2.45, 2.75) is 45.1 Å². The molecule has 0 spiro atoms. The van der Waals surface area contributed by atoms with Crippen LogP contribution in [0.15, 0.2) is 24.3 Å². The molecule has 0 aliphatic carbocycles. The van der Waals surface area contributed by atoms with Crippen LogP contribution in [-0.4, -0.2) is 41.1 Å². The van der Waals surface area contributed by atoms with Gasteiger partial charge in [-0.2, -0.15) is 5.26 Å². The number of aliphatic hydroxyl groups is 1. The van der Waals surface area contributed by atoms with Crippen molar-refractivity contribution in [3.63, 3.8) is 0 Å². The summed E-state index contributed by atoms with van der Waals surface area (Å²) in [6.45, 7) is 4.46. The fraction of sp³-hybridized carbons (Fsp3) is 0.500. The molecule has 3 atom stereocenters. The highest BCUT2D eigenvalue weighted by atomic mass is 32.1. The number of amides is 1. The highest BCUT2D eigenvalue weighted by Crippen LogP contribution is 2.13. The number of ether oxygens (including phenoxy) is 1. The monoisotopic (exact) mass is 376 g/mol. The zero-order valence-corrected chi connectivity index (χ0v) is 15.7. The third kappa shape index (κ3) is 5.95. The number of hydrogen-bond acceptors (Lipinski definition) is 5. The molecule has 1 fully saturated rings. The molecule has 8 heteroatoms. The van der Waals surface area contributed by atoms with E-state index in [2.05, 4.69) is 22.0 Å². The molecular formula is C18H24N4O3S. The first kappa shape index (κ1) is 20.1. The molecule has 1 unspecified atom stereocenters. The molecule has 1 heterocycles. The fourth-order valence-corrected chi connectivity index (χ4v) is 2.92. The van der Waals surface area contributed by atoms with Crippen LogP contribution in [-0.2, 0) is 9.53 Å². The highest BCUT2D eigenvalue weighted by molar-refractivity contribution is 7.80. The van der Waals surface area contributed by atoms with Gasteiger partial charge in [0.05, 0.1) is 24.3 Å². The number of thiocarbonyl (C=S) groups is 1. The third-order valence-electron chi connectivity index (χ3n) is 3.99. The predicted molar refractivity (Wildman–Crippen MR) is 102 cm³/mol. The van der Waals surface area contributed by atoms with E-state index in [0.717, 1.165) is 5.69 Å². The van der Waals surface area contributed by atoms with Crippen molar-refractivity contribution in [3.8, 4) is 6.07 Å². The van der Waals surface area contributed by atoms with Gasteiger partial charge in [0.2, 0.25) is 5.91 Å². The quantitative estimate of drug-likeness (QED) is 0.557. The summed E-state index contributed by atoms with van der Waals surface area (Å²) in [6.07, 6.45) is 0.197. The lowest BCUT2D eigenvalue weighted by molar-refractivity contribution is -0.127. The molecule has 0 radical (unpaired) electrons. The average Bonchev–Trinajstić information content (AvgIpc) is 2.99. The van der Waals surface area contributed by atoms with Crippen LogP contribution >= 0.6 is 12.2 Å². The Morgan fingerprint density at radius 1 is 1.42 bits per heavy atom. The number of nitrogens with one attached hydrogen (secondary N) is 3. The fourth-order valence-electron chi connectivity index (χ4n) is 2.66. The van der Waals surface area contributed by atoms with Gasteiger partial charge in [-0.15, -0.1) is 0 Å². The van der Waals surface area contributed by atoms with Crippen LogP contribution in [0.4, 0.5) is 5.69 Å². The number of anilines is 1. The lowest BCUT2D eigenvalue weighted by atomic mass is 10.0. The number of carbonyl (C=O) groups excluding carboxylic acids is 1. The maximum absolute atomic E-state index is 12.6. The SMILES string of the molecule is CC(C)C[C@H](NC(=S)Nc1ccc(C#N)cc1)C(=O)N[C@H]1CCOC1O. The minimum absolute atomic E-state index is 0.225. The summed E-state index contributed by atoms with van der Waals surface area (Å²) < 4.78 is 5.07. The van der Waals surface area contributed by atoms with E-state index in [1.165, 1.54) is 0 Å². The van der Waals surface area contributed by atoms with Gasteiger partial charge in [-0.25, -0.2) is 0 Å². The Morgan fingerprint density at radius 2 is 2.12 bits per heavy atom. The van der Waals surface area contributed by atoms with E-state index in [-0.39, 0.29) is 11.8 Å². The Morgan fingerprint density at radius 3 is 2.65 bits per heavy atom. The minimum atomic E-state index is -0.970. The van der Waals surface area contributed by atoms with Crippen LogP contribution in [0.2, 0.25) is 0 Å². The van der Waals surface area contributed by atoms with E-state index in [4.69, 9.17) is 22.2 Å². The second-order valence-corrected chi connectivity index (χ2v) is 7.04. The second kappa shape index (κ2) is 9.48. The highest BCUT2D eigenvalue weighted by Gasteiger charge is 2.30. The molecule has 0 bridgehead atoms. The van der Waals surface area contributed by atoms with Gasteiger partial charge in [0.1, 0.15) is 6.04 Å². The molecule has 0 aromatic heterocycles. The molecule has 2 rings (SSSR count). The average molecular weight is 376 g/mol. The first-order chi connectivity index (χ1) is 12.4. The molecular weight excluding hydrogens is 352 g/mol. The van der Waals surface area contributed by atoms with Gasteiger partial charge < -0.3 is 25.8 Å². The van der Waals surface area contributed by atoms with Crippen LogP contribution in [0.3, 0.4) is 0 Å². The van der Waals surface area contributed by atoms with Crippen molar-refractivity contribution in [1.82, 2.24) is 10.6 Å². The molecule has 1 aliphatic rings. The molecule has 4 N–H and O–H groups in total. The lowest BCUT2D eigenvalue weighted by Gasteiger charge is -2.24. The zero-order chi connectivity index (χ0) is 19.1. The van der Waals surface area contributed by atoms with Gasteiger partial charge in [-0.05, 0) is 55.2 Å². The van der Waals surface area contributed by atoms with Crippen molar-refractivity contribution in [2.24, 2.45) is 5.92 Å². The first-order valence-corrected chi connectivity index (χ1v) is 8.97. The van der Waals surface area contributed by atoms with Crippen molar-refractivity contribution in [1.29, 1.82) is 5.26 Å². The maximum atomic E-state index is 12.6. The summed E-state index contributed by atoms with van der Waals surface area (Å²) in [4.78, 5) is 12.6. The summed E-state index contributed by atoms with van der Waals surface area (Å²) in [7, 11) is 0. The summed E-state index contributed by atoms with van der Waals surface area (Å²) >= 11 is 5.31. The number of carbonyl (C=O) groups is 1. The summed E-state index contributed by atoms with van der Waals surface area (Å²) in [5.41, 5.74) is 1.29. The van der Waals surface area contributed by atoms with Crippen molar-refractivity contribution < 1.29 is 14.6 Å². The van der Waals surface area contributed by atoms with Crippen LogP contribution < -0.4 is 16.0 Å². The van der Waals surface area contributed by atoms with Gasteiger partial charge in [0.25, 0.3) is 0 Å². The molecule has 1 aromatic carbocycles. The summed E-state index contributed by atoms with van der Waals surface area (Å²) in [5.74, 6) is 0.0537. The summed E-state index contributed by atoms with van der Waals surface area (Å²) in [6, 6.07) is 7.99. The number of benzene rings is 1. The Balaban J connectivity index is 1.95. The topological polar surface area (TPSA) is 106 Å². The van der Waals surface area contributed by atoms with E-state index in [0.29, 0.717) is 30.1 Å². The standard InChI is InChI=1S/C18H24N4O3S/c1-11(2)9-15(16(23)21-14-7-8-25-17(14)24)22-18(26)20-13-5-3-12(10-19)4-6-13/h3-6,11,14-15,17,24H,7-9H2,1-2H3,(H,21,23)(H2,20,22,26)/t14-,15-,17?/m0/s1. The van der Waals surface area contributed by atoms with E-state index in [1.54, 1.807) is 24.3 Å². The van der Waals surface area contributed by atoms with Crippen LogP contribution in [0, 0.1) is 17.2 Å². The summed E-state index contributed by atoms with van der Waals surface area (Å²) in [5, 5.41) is 27.7. The smallest absolute Gasteiger partial charge is 0.242 e. The number of nitriles is 1. The van der Waals surface area contributed by atoms with Gasteiger partial charge in [-0.3, -0.25) is 4.79 Å².